The molecule has 3 rings (SSSR count). The summed E-state index contributed by atoms with van der Waals surface area (Å²) in [4.78, 5) is 23.4. The first-order chi connectivity index (χ1) is 12.5. The number of benzene rings is 1. The Morgan fingerprint density at radius 3 is 2.77 bits per heavy atom. The largest absolute Gasteiger partial charge is 0.374 e. The first-order valence-corrected chi connectivity index (χ1v) is 8.97. The molecular weight excluding hydrogens is 328 g/mol. The second-order valence-electron chi connectivity index (χ2n) is 7.16. The number of hydrogen-bond acceptors (Lipinski definition) is 6. The Bertz CT molecular complexity index is 845. The highest BCUT2D eigenvalue weighted by atomic mass is 16.5. The maximum absolute atomic E-state index is 12.3. The monoisotopic (exact) mass is 352 g/mol. The quantitative estimate of drug-likeness (QED) is 0.823. The maximum Gasteiger partial charge on any atom is 0.161 e. The number of hydrogen-bond donors (Lipinski definition) is 0. The lowest BCUT2D eigenvalue weighted by atomic mass is 9.86. The number of anilines is 1. The van der Waals surface area contributed by atoms with Gasteiger partial charge in [0.05, 0.1) is 11.3 Å². The Morgan fingerprint density at radius 2 is 2.08 bits per heavy atom. The van der Waals surface area contributed by atoms with Gasteiger partial charge in [-0.2, -0.15) is 5.26 Å². The molecular formula is C20H24N4O2. The van der Waals surface area contributed by atoms with E-state index in [4.69, 9.17) is 4.74 Å². The highest BCUT2D eigenvalue weighted by Crippen LogP contribution is 2.33. The van der Waals surface area contributed by atoms with Crippen molar-refractivity contribution in [2.24, 2.45) is 11.8 Å². The van der Waals surface area contributed by atoms with Gasteiger partial charge in [-0.1, -0.05) is 6.92 Å². The predicted molar refractivity (Wildman–Crippen MR) is 99.8 cm³/mol. The van der Waals surface area contributed by atoms with Gasteiger partial charge in [-0.3, -0.25) is 14.8 Å². The lowest BCUT2D eigenvalue weighted by Gasteiger charge is -2.38. The van der Waals surface area contributed by atoms with Crippen molar-refractivity contribution in [1.82, 2.24) is 9.97 Å². The van der Waals surface area contributed by atoms with Gasteiger partial charge in [-0.05, 0) is 37.3 Å². The van der Waals surface area contributed by atoms with Gasteiger partial charge >= 0.3 is 0 Å². The molecule has 6 nitrogen and oxygen atoms in total. The van der Waals surface area contributed by atoms with Crippen molar-refractivity contribution >= 4 is 22.5 Å². The number of piperidine rings is 1. The summed E-state index contributed by atoms with van der Waals surface area (Å²) in [5, 5.41) is 9.31. The van der Waals surface area contributed by atoms with E-state index in [0.29, 0.717) is 23.4 Å². The smallest absolute Gasteiger partial charge is 0.161 e. The van der Waals surface area contributed by atoms with Crippen LogP contribution in [-0.2, 0) is 9.53 Å². The molecule has 1 aliphatic heterocycles. The second-order valence-corrected chi connectivity index (χ2v) is 7.16. The normalized spacial score (nSPS) is 21.4. The molecule has 1 aromatic heterocycles. The summed E-state index contributed by atoms with van der Waals surface area (Å²) in [5.41, 5.74) is 2.89. The van der Waals surface area contributed by atoms with Gasteiger partial charge in [-0.15, -0.1) is 0 Å². The van der Waals surface area contributed by atoms with Crippen LogP contribution in [0.25, 0.3) is 11.0 Å². The van der Waals surface area contributed by atoms with Crippen LogP contribution in [0.5, 0.6) is 0 Å². The van der Waals surface area contributed by atoms with Gasteiger partial charge < -0.3 is 9.64 Å². The average molecular weight is 352 g/mol. The number of nitrogens with zero attached hydrogens (tertiary/aromatic N) is 4. The van der Waals surface area contributed by atoms with Crippen LogP contribution in [0.3, 0.4) is 0 Å². The Balaban J connectivity index is 1.88. The fourth-order valence-corrected chi connectivity index (χ4v) is 3.80. The molecule has 136 valence electrons. The molecule has 0 N–H and O–H groups in total. The Kier molecular flexibility index (Phi) is 5.48. The van der Waals surface area contributed by atoms with Crippen molar-refractivity contribution in [2.75, 3.05) is 25.1 Å². The van der Waals surface area contributed by atoms with E-state index in [-0.39, 0.29) is 17.8 Å². The predicted octanol–water partition coefficient (Wildman–Crippen LogP) is 2.96. The Hall–Kier alpha value is -2.52. The summed E-state index contributed by atoms with van der Waals surface area (Å²) < 4.78 is 5.16. The molecule has 1 aliphatic rings. The number of rotatable bonds is 5. The third kappa shape index (κ3) is 3.68. The number of carbonyl (C=O) groups is 1. The minimum Gasteiger partial charge on any atom is -0.374 e. The van der Waals surface area contributed by atoms with Crippen LogP contribution in [-0.4, -0.2) is 42.1 Å². The van der Waals surface area contributed by atoms with Gasteiger partial charge in [0, 0.05) is 39.0 Å². The zero-order chi connectivity index (χ0) is 18.7. The molecule has 26 heavy (non-hydrogen) atoms. The minimum absolute atomic E-state index is 0.149. The summed E-state index contributed by atoms with van der Waals surface area (Å²) >= 11 is 0. The van der Waals surface area contributed by atoms with Crippen molar-refractivity contribution in [3.63, 3.8) is 0 Å². The lowest BCUT2D eigenvalue weighted by molar-refractivity contribution is -0.128. The van der Waals surface area contributed by atoms with E-state index >= 15 is 0 Å². The highest BCUT2D eigenvalue weighted by Gasteiger charge is 2.29. The molecule has 1 unspecified atom stereocenters. The van der Waals surface area contributed by atoms with Crippen molar-refractivity contribution in [1.29, 1.82) is 5.26 Å². The van der Waals surface area contributed by atoms with Gasteiger partial charge in [0.2, 0.25) is 0 Å². The summed E-state index contributed by atoms with van der Waals surface area (Å²) in [6, 6.07) is 5.94. The van der Waals surface area contributed by atoms with Crippen LogP contribution in [0.2, 0.25) is 0 Å². The number of carbonyl (C=O) groups excluding carboxylic acids is 1. The van der Waals surface area contributed by atoms with Crippen LogP contribution in [0.4, 0.5) is 5.69 Å². The maximum atomic E-state index is 12.3. The molecule has 0 saturated carbocycles. The molecule has 1 saturated heterocycles. The van der Waals surface area contributed by atoms with E-state index in [1.807, 2.05) is 6.07 Å². The number of aromatic nitrogens is 2. The summed E-state index contributed by atoms with van der Waals surface area (Å²) in [6.07, 6.45) is 4.46. The average Bonchev–Trinajstić information content (AvgIpc) is 2.65. The van der Waals surface area contributed by atoms with Gasteiger partial charge in [0.1, 0.15) is 23.2 Å². The fraction of sp³-hybridized carbons (Fsp3) is 0.500. The summed E-state index contributed by atoms with van der Waals surface area (Å²) in [6.45, 7) is 5.71. The van der Waals surface area contributed by atoms with Gasteiger partial charge in [0.15, 0.2) is 5.78 Å². The van der Waals surface area contributed by atoms with E-state index < -0.39 is 0 Å². The summed E-state index contributed by atoms with van der Waals surface area (Å²) in [7, 11) is 1.57. The number of fused-ring (bicyclic) bond motifs is 1. The molecule has 0 bridgehead atoms. The van der Waals surface area contributed by atoms with Gasteiger partial charge in [-0.25, -0.2) is 0 Å². The number of Topliss-reactive ketones (excluding diaryl/α,β-unsaturated/α-hetero) is 1. The first kappa shape index (κ1) is 18.3. The van der Waals surface area contributed by atoms with Crippen LogP contribution < -0.4 is 4.90 Å². The first-order valence-electron chi connectivity index (χ1n) is 8.97. The number of ether oxygens (including phenoxy) is 1. The van der Waals surface area contributed by atoms with Crippen molar-refractivity contribution < 1.29 is 9.53 Å². The van der Waals surface area contributed by atoms with E-state index in [1.54, 1.807) is 32.5 Å². The second kappa shape index (κ2) is 7.79. The third-order valence-electron chi connectivity index (χ3n) is 5.11. The van der Waals surface area contributed by atoms with E-state index in [2.05, 4.69) is 27.9 Å². The Morgan fingerprint density at radius 1 is 1.35 bits per heavy atom. The SMILES string of the molecule is COC(C)C(=O)C[C@@H]1C[C@H](C)CN(c2ccc(C#N)c3nccnc23)C1. The molecule has 1 aromatic carbocycles. The molecule has 0 spiro atoms. The highest BCUT2D eigenvalue weighted by molar-refractivity contribution is 5.92. The summed E-state index contributed by atoms with van der Waals surface area (Å²) in [5.74, 6) is 0.906. The van der Waals surface area contributed by atoms with E-state index in [9.17, 15) is 10.1 Å². The molecule has 2 heterocycles. The molecule has 2 aromatic rings. The van der Waals surface area contributed by atoms with Crippen molar-refractivity contribution in [3.8, 4) is 6.07 Å². The number of methoxy groups -OCH3 is 1. The van der Waals surface area contributed by atoms with E-state index in [1.165, 1.54) is 0 Å². The fourth-order valence-electron chi connectivity index (χ4n) is 3.80. The molecule has 0 radical (unpaired) electrons. The topological polar surface area (TPSA) is 79.1 Å². The van der Waals surface area contributed by atoms with Crippen LogP contribution >= 0.6 is 0 Å². The molecule has 0 aliphatic carbocycles. The minimum atomic E-state index is -0.359. The third-order valence-corrected chi connectivity index (χ3v) is 5.11. The number of ketones is 1. The number of nitriles is 1. The van der Waals surface area contributed by atoms with Crippen LogP contribution in [0.15, 0.2) is 24.5 Å². The standard InChI is InChI=1S/C20H24N4O2/c1-13-8-15(9-18(25)14(2)26-3)12-24(11-13)17-5-4-16(10-21)19-20(17)23-7-6-22-19/h4-7,13-15H,8-9,11-12H2,1-3H3/t13-,14?,15-/m0/s1. The van der Waals surface area contributed by atoms with Crippen molar-refractivity contribution in [3.05, 3.63) is 30.1 Å². The van der Waals surface area contributed by atoms with E-state index in [0.717, 1.165) is 30.7 Å². The molecule has 6 heteroatoms. The Labute approximate surface area is 153 Å². The molecule has 0 amide bonds. The van der Waals surface area contributed by atoms with Crippen LogP contribution in [0, 0.1) is 23.2 Å². The van der Waals surface area contributed by atoms with Gasteiger partial charge in [0.25, 0.3) is 0 Å². The van der Waals surface area contributed by atoms with Crippen LogP contribution in [0.1, 0.15) is 32.3 Å². The zero-order valence-electron chi connectivity index (χ0n) is 15.5. The molecule has 1 fully saturated rings. The van der Waals surface area contributed by atoms with Crippen molar-refractivity contribution in [2.45, 2.75) is 32.8 Å². The lowest BCUT2D eigenvalue weighted by Crippen LogP contribution is -2.41. The molecule has 3 atom stereocenters. The zero-order valence-corrected chi connectivity index (χ0v) is 15.5.